The van der Waals surface area contributed by atoms with E-state index in [2.05, 4.69) is 0 Å². The number of carbonyl (C=O) groups excluding carboxylic acids is 2. The van der Waals surface area contributed by atoms with Crippen molar-refractivity contribution in [3.63, 3.8) is 0 Å². The van der Waals surface area contributed by atoms with Crippen LogP contribution in [0.2, 0.25) is 5.02 Å². The molecule has 0 saturated heterocycles. The van der Waals surface area contributed by atoms with Crippen molar-refractivity contribution in [3.8, 4) is 22.7 Å². The molecule has 2 N–H and O–H groups in total. The number of nitrogens with zero attached hydrogens (tertiary/aromatic N) is 3. The molecule has 3 aromatic carbocycles. The zero-order valence-corrected chi connectivity index (χ0v) is 19.3. The first kappa shape index (κ1) is 23.1. The number of nitrogens with two attached hydrogens (primary N) is 1. The first-order valence-electron chi connectivity index (χ1n) is 10.6. The van der Waals surface area contributed by atoms with Gasteiger partial charge in [-0.1, -0.05) is 48.0 Å². The maximum atomic E-state index is 12.8. The Morgan fingerprint density at radius 3 is 2.47 bits per heavy atom. The summed E-state index contributed by atoms with van der Waals surface area (Å²) >= 11 is 6.06. The monoisotopic (exact) mass is 474 g/mol. The summed E-state index contributed by atoms with van der Waals surface area (Å²) < 4.78 is 7.38. The molecule has 0 spiro atoms. The van der Waals surface area contributed by atoms with E-state index in [9.17, 15) is 9.59 Å². The molecule has 0 bridgehead atoms. The van der Waals surface area contributed by atoms with E-state index >= 15 is 0 Å². The molecule has 0 saturated carbocycles. The van der Waals surface area contributed by atoms with Crippen LogP contribution in [0.15, 0.2) is 85.1 Å². The zero-order chi connectivity index (χ0) is 24.1. The lowest BCUT2D eigenvalue weighted by Crippen LogP contribution is -2.31. The van der Waals surface area contributed by atoms with Crippen LogP contribution in [0.25, 0.3) is 16.9 Å². The van der Waals surface area contributed by atoms with Crippen LogP contribution in [0.1, 0.15) is 15.9 Å². The molecule has 0 fully saturated rings. The number of aromatic nitrogens is 2. The summed E-state index contributed by atoms with van der Waals surface area (Å²) in [6.07, 6.45) is 1.92. The van der Waals surface area contributed by atoms with Crippen LogP contribution in [0.3, 0.4) is 0 Å². The summed E-state index contributed by atoms with van der Waals surface area (Å²) in [6, 6.07) is 23.6. The van der Waals surface area contributed by atoms with Crippen molar-refractivity contribution >= 4 is 23.4 Å². The molecule has 172 valence electrons. The van der Waals surface area contributed by atoms with Crippen molar-refractivity contribution in [2.45, 2.75) is 6.54 Å². The van der Waals surface area contributed by atoms with Gasteiger partial charge in [-0.05, 0) is 42.5 Å². The fourth-order valence-corrected chi connectivity index (χ4v) is 3.55. The van der Waals surface area contributed by atoms with Crippen molar-refractivity contribution in [1.29, 1.82) is 0 Å². The van der Waals surface area contributed by atoms with Gasteiger partial charge in [0, 0.05) is 41.5 Å². The number of amides is 2. The van der Waals surface area contributed by atoms with Gasteiger partial charge in [-0.2, -0.15) is 5.10 Å². The number of carbonyl (C=O) groups is 2. The number of likely N-dealkylation sites (N-methyl/N-ethyl adjacent to an activating group) is 1. The quantitative estimate of drug-likeness (QED) is 0.411. The number of para-hydroxylation sites is 1. The van der Waals surface area contributed by atoms with Crippen molar-refractivity contribution in [3.05, 3.63) is 101 Å². The zero-order valence-electron chi connectivity index (χ0n) is 18.5. The maximum absolute atomic E-state index is 12.8. The lowest BCUT2D eigenvalue weighted by Gasteiger charge is -2.17. The van der Waals surface area contributed by atoms with Gasteiger partial charge < -0.3 is 15.4 Å². The minimum Gasteiger partial charge on any atom is -0.484 e. The lowest BCUT2D eigenvalue weighted by atomic mass is 10.1. The minimum atomic E-state index is -0.556. The number of primary amides is 1. The van der Waals surface area contributed by atoms with Crippen LogP contribution in [-0.2, 0) is 11.3 Å². The molecule has 8 heteroatoms. The molecule has 4 aromatic rings. The van der Waals surface area contributed by atoms with Crippen LogP contribution in [0.4, 0.5) is 0 Å². The van der Waals surface area contributed by atoms with E-state index in [0.29, 0.717) is 22.9 Å². The third-order valence-corrected chi connectivity index (χ3v) is 5.49. The van der Waals surface area contributed by atoms with Gasteiger partial charge in [-0.15, -0.1) is 0 Å². The average Bonchev–Trinajstić information content (AvgIpc) is 3.27. The number of benzene rings is 3. The van der Waals surface area contributed by atoms with Crippen molar-refractivity contribution < 1.29 is 14.3 Å². The highest BCUT2D eigenvalue weighted by atomic mass is 35.5. The second-order valence-corrected chi connectivity index (χ2v) is 8.16. The van der Waals surface area contributed by atoms with E-state index in [1.165, 1.54) is 6.07 Å². The Labute approximate surface area is 202 Å². The normalized spacial score (nSPS) is 10.6. The van der Waals surface area contributed by atoms with E-state index in [4.69, 9.17) is 27.2 Å². The Hall–Kier alpha value is -4.10. The Morgan fingerprint density at radius 2 is 1.76 bits per heavy atom. The molecule has 1 heterocycles. The molecule has 0 radical (unpaired) electrons. The van der Waals surface area contributed by atoms with Crippen LogP contribution in [-0.4, -0.2) is 40.1 Å². The molecule has 4 rings (SSSR count). The Balaban J connectivity index is 1.53. The fraction of sp³-hybridized carbons (Fsp3) is 0.115. The minimum absolute atomic E-state index is 0.179. The van der Waals surface area contributed by atoms with Crippen molar-refractivity contribution in [2.75, 3.05) is 13.7 Å². The number of rotatable bonds is 8. The lowest BCUT2D eigenvalue weighted by molar-refractivity contribution is -0.132. The number of ether oxygens (including phenoxy) is 1. The number of hydrogen-bond acceptors (Lipinski definition) is 4. The van der Waals surface area contributed by atoms with Crippen LogP contribution < -0.4 is 10.5 Å². The molecule has 7 nitrogen and oxygen atoms in total. The third-order valence-electron chi connectivity index (χ3n) is 5.24. The largest absolute Gasteiger partial charge is 0.484 e. The van der Waals surface area contributed by atoms with Crippen molar-refractivity contribution in [1.82, 2.24) is 14.7 Å². The smallest absolute Gasteiger partial charge is 0.260 e. The van der Waals surface area contributed by atoms with E-state index < -0.39 is 5.91 Å². The van der Waals surface area contributed by atoms with Crippen LogP contribution >= 0.6 is 11.6 Å². The number of halogens is 1. The molecular formula is C26H23ClN4O3. The SMILES string of the molecule is CN(Cc1cn(-c2ccccc2)nc1-c1ccc(Cl)cc1)C(=O)COc1cccc(C(N)=O)c1. The summed E-state index contributed by atoms with van der Waals surface area (Å²) in [4.78, 5) is 25.7. The molecule has 0 unspecified atom stereocenters. The van der Waals surface area contributed by atoms with Gasteiger partial charge in [0.2, 0.25) is 5.91 Å². The van der Waals surface area contributed by atoms with Crippen molar-refractivity contribution in [2.24, 2.45) is 5.73 Å². The summed E-state index contributed by atoms with van der Waals surface area (Å²) in [5.74, 6) is -0.380. The summed E-state index contributed by atoms with van der Waals surface area (Å²) in [6.45, 7) is 0.149. The molecule has 0 aliphatic carbocycles. The Morgan fingerprint density at radius 1 is 1.03 bits per heavy atom. The molecule has 1 aromatic heterocycles. The van der Waals surface area contributed by atoms with Crippen LogP contribution in [0, 0.1) is 0 Å². The predicted octanol–water partition coefficient (Wildman–Crippen LogP) is 4.33. The van der Waals surface area contributed by atoms with E-state index in [0.717, 1.165) is 22.5 Å². The maximum Gasteiger partial charge on any atom is 0.260 e. The second kappa shape index (κ2) is 10.2. The first-order chi connectivity index (χ1) is 16.4. The van der Waals surface area contributed by atoms with Crippen LogP contribution in [0.5, 0.6) is 5.75 Å². The Bertz CT molecular complexity index is 1300. The molecule has 0 atom stereocenters. The molecule has 0 aliphatic heterocycles. The first-order valence-corrected chi connectivity index (χ1v) is 10.9. The van der Waals surface area contributed by atoms with Gasteiger partial charge in [0.05, 0.1) is 11.4 Å². The van der Waals surface area contributed by atoms with Gasteiger partial charge in [0.25, 0.3) is 5.91 Å². The van der Waals surface area contributed by atoms with Gasteiger partial charge in [-0.3, -0.25) is 9.59 Å². The molecule has 2 amide bonds. The standard InChI is InChI=1S/C26H23ClN4O3/c1-30(24(32)17-34-23-9-5-6-19(14-23)26(28)33)15-20-16-31(22-7-3-2-4-8-22)29-25(20)18-10-12-21(27)13-11-18/h2-14,16H,15,17H2,1H3,(H2,28,33). The number of hydrogen-bond donors (Lipinski definition) is 1. The highest BCUT2D eigenvalue weighted by Crippen LogP contribution is 2.26. The average molecular weight is 475 g/mol. The fourth-order valence-electron chi connectivity index (χ4n) is 3.43. The highest BCUT2D eigenvalue weighted by molar-refractivity contribution is 6.30. The summed E-state index contributed by atoms with van der Waals surface area (Å²) in [5.41, 5.74) is 9.06. The van der Waals surface area contributed by atoms with Gasteiger partial charge in [0.1, 0.15) is 5.75 Å². The van der Waals surface area contributed by atoms with E-state index in [-0.39, 0.29) is 12.5 Å². The summed E-state index contributed by atoms with van der Waals surface area (Å²) in [5, 5.41) is 5.41. The predicted molar refractivity (Wildman–Crippen MR) is 131 cm³/mol. The van der Waals surface area contributed by atoms with Gasteiger partial charge in [0.15, 0.2) is 6.61 Å². The van der Waals surface area contributed by atoms with Gasteiger partial charge in [-0.25, -0.2) is 4.68 Å². The Kier molecular flexibility index (Phi) is 6.94. The topological polar surface area (TPSA) is 90.4 Å². The molecule has 0 aliphatic rings. The molecular weight excluding hydrogens is 452 g/mol. The molecule has 34 heavy (non-hydrogen) atoms. The third kappa shape index (κ3) is 5.44. The van der Waals surface area contributed by atoms with E-state index in [1.54, 1.807) is 34.8 Å². The summed E-state index contributed by atoms with van der Waals surface area (Å²) in [7, 11) is 1.71. The van der Waals surface area contributed by atoms with Gasteiger partial charge >= 0.3 is 0 Å². The second-order valence-electron chi connectivity index (χ2n) is 7.72. The highest BCUT2D eigenvalue weighted by Gasteiger charge is 2.17. The van der Waals surface area contributed by atoms with E-state index in [1.807, 2.05) is 60.8 Å².